The zero-order chi connectivity index (χ0) is 19.1. The summed E-state index contributed by atoms with van der Waals surface area (Å²) in [4.78, 5) is 41.4. The van der Waals surface area contributed by atoms with Gasteiger partial charge in [-0.2, -0.15) is 0 Å². The summed E-state index contributed by atoms with van der Waals surface area (Å²) in [6.45, 7) is 4.94. The molecule has 8 nitrogen and oxygen atoms in total. The summed E-state index contributed by atoms with van der Waals surface area (Å²) in [6, 6.07) is -0.0882. The van der Waals surface area contributed by atoms with Crippen LogP contribution in [0.2, 0.25) is 0 Å². The lowest BCUT2D eigenvalue weighted by molar-refractivity contribution is 0.186. The predicted molar refractivity (Wildman–Crippen MR) is 103 cm³/mol. The predicted octanol–water partition coefficient (Wildman–Crippen LogP) is 1.11. The van der Waals surface area contributed by atoms with Gasteiger partial charge in [0.05, 0.1) is 25.1 Å². The number of urea groups is 1. The molecule has 27 heavy (non-hydrogen) atoms. The van der Waals surface area contributed by atoms with Gasteiger partial charge in [0.25, 0.3) is 5.56 Å². The molecular weight excluding hydrogens is 368 g/mol. The lowest BCUT2D eigenvalue weighted by Crippen LogP contribution is -2.40. The molecule has 9 heteroatoms. The standard InChI is InChI=1S/C18H24N4O4S/c1-11-13(10-20-6-5-19-17(20)24)27-16-14(11)15(23)22(9-12-3-4-12)18(25)21(16)7-8-26-2/h12H,3-10H2,1-2H3,(H,19,24). The summed E-state index contributed by atoms with van der Waals surface area (Å²) in [5.74, 6) is 0.426. The maximum absolute atomic E-state index is 13.1. The monoisotopic (exact) mass is 392 g/mol. The number of hydrogen-bond donors (Lipinski definition) is 1. The van der Waals surface area contributed by atoms with E-state index in [9.17, 15) is 14.4 Å². The molecule has 146 valence electrons. The Morgan fingerprint density at radius 3 is 2.63 bits per heavy atom. The van der Waals surface area contributed by atoms with Crippen LogP contribution in [0.1, 0.15) is 23.3 Å². The Labute approximate surface area is 160 Å². The van der Waals surface area contributed by atoms with Gasteiger partial charge in [-0.25, -0.2) is 9.59 Å². The number of carbonyl (C=O) groups is 1. The lowest BCUT2D eigenvalue weighted by atomic mass is 10.2. The molecule has 0 atom stereocenters. The van der Waals surface area contributed by atoms with Crippen molar-refractivity contribution in [2.24, 2.45) is 5.92 Å². The van der Waals surface area contributed by atoms with Crippen molar-refractivity contribution in [1.82, 2.24) is 19.4 Å². The smallest absolute Gasteiger partial charge is 0.332 e. The fourth-order valence-corrected chi connectivity index (χ4v) is 4.86. The third-order valence-corrected chi connectivity index (χ3v) is 6.63. The van der Waals surface area contributed by atoms with E-state index in [1.54, 1.807) is 16.6 Å². The quantitative estimate of drug-likeness (QED) is 0.765. The van der Waals surface area contributed by atoms with Gasteiger partial charge in [0.15, 0.2) is 0 Å². The second-order valence-electron chi connectivity index (χ2n) is 7.27. The Balaban J connectivity index is 1.84. The minimum absolute atomic E-state index is 0.0882. The van der Waals surface area contributed by atoms with Crippen LogP contribution >= 0.6 is 11.3 Å². The highest BCUT2D eigenvalue weighted by molar-refractivity contribution is 7.18. The van der Waals surface area contributed by atoms with Crippen molar-refractivity contribution in [2.75, 3.05) is 26.8 Å². The second-order valence-corrected chi connectivity index (χ2v) is 8.35. The van der Waals surface area contributed by atoms with Gasteiger partial charge >= 0.3 is 11.7 Å². The molecule has 1 saturated carbocycles. The molecule has 0 bridgehead atoms. The van der Waals surface area contributed by atoms with Crippen LogP contribution in [0, 0.1) is 12.8 Å². The molecule has 2 aromatic heterocycles. The van der Waals surface area contributed by atoms with Crippen LogP contribution in [-0.2, 0) is 24.4 Å². The largest absolute Gasteiger partial charge is 0.383 e. The highest BCUT2D eigenvalue weighted by Crippen LogP contribution is 2.31. The highest BCUT2D eigenvalue weighted by Gasteiger charge is 2.27. The highest BCUT2D eigenvalue weighted by atomic mass is 32.1. The number of aryl methyl sites for hydroxylation is 1. The lowest BCUT2D eigenvalue weighted by Gasteiger charge is -2.12. The van der Waals surface area contributed by atoms with E-state index in [1.807, 2.05) is 6.92 Å². The van der Waals surface area contributed by atoms with E-state index in [4.69, 9.17) is 4.74 Å². The minimum atomic E-state index is -0.261. The second kappa shape index (κ2) is 7.12. The molecule has 2 aliphatic rings. The molecule has 2 fully saturated rings. The number of amides is 2. The van der Waals surface area contributed by atoms with Crippen LogP contribution in [0.5, 0.6) is 0 Å². The number of rotatable bonds is 7. The fraction of sp³-hybridized carbons (Fsp3) is 0.611. The van der Waals surface area contributed by atoms with E-state index in [1.165, 1.54) is 15.9 Å². The van der Waals surface area contributed by atoms with E-state index < -0.39 is 0 Å². The average molecular weight is 392 g/mol. The van der Waals surface area contributed by atoms with Crippen LogP contribution < -0.4 is 16.6 Å². The first-order valence-electron chi connectivity index (χ1n) is 9.28. The van der Waals surface area contributed by atoms with E-state index in [0.717, 1.165) is 23.3 Å². The summed E-state index contributed by atoms with van der Waals surface area (Å²) in [5, 5.41) is 3.40. The van der Waals surface area contributed by atoms with Crippen LogP contribution in [0.3, 0.4) is 0 Å². The topological polar surface area (TPSA) is 85.6 Å². The summed E-state index contributed by atoms with van der Waals surface area (Å²) in [5.41, 5.74) is 0.403. The molecule has 0 radical (unpaired) electrons. The Bertz CT molecular complexity index is 1000. The average Bonchev–Trinajstić information content (AvgIpc) is 3.30. The SMILES string of the molecule is COCCn1c(=O)n(CC2CC2)c(=O)c2c(C)c(CN3CCNC3=O)sc21. The van der Waals surface area contributed by atoms with E-state index in [2.05, 4.69) is 5.32 Å². The summed E-state index contributed by atoms with van der Waals surface area (Å²) in [6.07, 6.45) is 2.14. The first-order chi connectivity index (χ1) is 13.0. The third kappa shape index (κ3) is 3.29. The zero-order valence-electron chi connectivity index (χ0n) is 15.6. The normalized spacial score (nSPS) is 17.1. The number of thiophene rings is 1. The maximum atomic E-state index is 13.1. The van der Waals surface area contributed by atoms with Crippen molar-refractivity contribution in [3.8, 4) is 0 Å². The minimum Gasteiger partial charge on any atom is -0.383 e. The molecule has 1 aliphatic heterocycles. The number of methoxy groups -OCH3 is 1. The van der Waals surface area contributed by atoms with Gasteiger partial charge < -0.3 is 15.0 Å². The van der Waals surface area contributed by atoms with Crippen LogP contribution in [-0.4, -0.2) is 46.9 Å². The zero-order valence-corrected chi connectivity index (χ0v) is 16.4. The number of ether oxygens (including phenoxy) is 1. The van der Waals surface area contributed by atoms with Gasteiger partial charge in [-0.3, -0.25) is 13.9 Å². The Hall–Kier alpha value is -2.13. The molecule has 2 amide bonds. The van der Waals surface area contributed by atoms with Gasteiger partial charge in [0.1, 0.15) is 4.83 Å². The van der Waals surface area contributed by atoms with E-state index >= 15 is 0 Å². The van der Waals surface area contributed by atoms with Crippen molar-refractivity contribution < 1.29 is 9.53 Å². The molecule has 4 rings (SSSR count). The number of nitrogens with zero attached hydrogens (tertiary/aromatic N) is 3. The first kappa shape index (κ1) is 18.2. The van der Waals surface area contributed by atoms with E-state index in [0.29, 0.717) is 55.5 Å². The van der Waals surface area contributed by atoms with Crippen molar-refractivity contribution in [3.05, 3.63) is 31.3 Å². The maximum Gasteiger partial charge on any atom is 0.332 e. The van der Waals surface area contributed by atoms with Gasteiger partial charge in [-0.1, -0.05) is 0 Å². The number of aromatic nitrogens is 2. The Morgan fingerprint density at radius 1 is 1.22 bits per heavy atom. The van der Waals surface area contributed by atoms with Gasteiger partial charge in [-0.15, -0.1) is 11.3 Å². The van der Waals surface area contributed by atoms with Gasteiger partial charge in [-0.05, 0) is 31.2 Å². The number of nitrogens with one attached hydrogen (secondary N) is 1. The molecular formula is C18H24N4O4S. The van der Waals surface area contributed by atoms with Crippen molar-refractivity contribution in [1.29, 1.82) is 0 Å². The Kier molecular flexibility index (Phi) is 4.81. The van der Waals surface area contributed by atoms with Crippen molar-refractivity contribution in [3.63, 3.8) is 0 Å². The van der Waals surface area contributed by atoms with Gasteiger partial charge in [0, 0.05) is 31.6 Å². The molecule has 1 saturated heterocycles. The molecule has 3 heterocycles. The molecule has 0 aromatic carbocycles. The van der Waals surface area contributed by atoms with Crippen molar-refractivity contribution >= 4 is 27.6 Å². The Morgan fingerprint density at radius 2 is 2.00 bits per heavy atom. The molecule has 2 aromatic rings. The molecule has 0 spiro atoms. The summed E-state index contributed by atoms with van der Waals surface area (Å²) >= 11 is 1.43. The van der Waals surface area contributed by atoms with Crippen LogP contribution in [0.4, 0.5) is 4.79 Å². The number of carbonyl (C=O) groups excluding carboxylic acids is 1. The number of fused-ring (bicyclic) bond motifs is 1. The molecule has 1 N–H and O–H groups in total. The van der Waals surface area contributed by atoms with Crippen LogP contribution in [0.25, 0.3) is 10.2 Å². The third-order valence-electron chi connectivity index (χ3n) is 5.33. The van der Waals surface area contributed by atoms with Crippen molar-refractivity contribution in [2.45, 2.75) is 39.4 Å². The molecule has 1 aliphatic carbocycles. The summed E-state index contributed by atoms with van der Waals surface area (Å²) in [7, 11) is 1.60. The van der Waals surface area contributed by atoms with Gasteiger partial charge in [0.2, 0.25) is 0 Å². The summed E-state index contributed by atoms with van der Waals surface area (Å²) < 4.78 is 8.22. The van der Waals surface area contributed by atoms with E-state index in [-0.39, 0.29) is 17.3 Å². The number of hydrogen-bond acceptors (Lipinski definition) is 5. The van der Waals surface area contributed by atoms with Crippen LogP contribution in [0.15, 0.2) is 9.59 Å². The first-order valence-corrected chi connectivity index (χ1v) is 10.1. The molecule has 0 unspecified atom stereocenters. The fourth-order valence-electron chi connectivity index (χ4n) is 3.53.